The van der Waals surface area contributed by atoms with Crippen LogP contribution in [-0.2, 0) is 11.2 Å². The zero-order valence-electron chi connectivity index (χ0n) is 11.5. The van der Waals surface area contributed by atoms with Gasteiger partial charge in [-0.15, -0.1) is 11.5 Å². The van der Waals surface area contributed by atoms with Crippen molar-refractivity contribution in [3.63, 3.8) is 0 Å². The number of aromatic nitrogens is 3. The van der Waals surface area contributed by atoms with Gasteiger partial charge < -0.3 is 10.6 Å². The van der Waals surface area contributed by atoms with Crippen LogP contribution in [0.4, 0.5) is 5.13 Å². The molecule has 0 atom stereocenters. The molecule has 2 rings (SSSR count). The molecule has 2 N–H and O–H groups in total. The summed E-state index contributed by atoms with van der Waals surface area (Å²) in [6.07, 6.45) is 6.72. The van der Waals surface area contributed by atoms with Crippen LogP contribution >= 0.6 is 11.3 Å². The van der Waals surface area contributed by atoms with Gasteiger partial charge in [0.05, 0.1) is 13.1 Å². The second-order valence-corrected chi connectivity index (χ2v) is 5.23. The second-order valence-electron chi connectivity index (χ2n) is 4.27. The molecule has 0 saturated carbocycles. The largest absolute Gasteiger partial charge is 0.351 e. The lowest BCUT2D eigenvalue weighted by molar-refractivity contribution is -0.119. The highest BCUT2D eigenvalue weighted by Crippen LogP contribution is 2.16. The van der Waals surface area contributed by atoms with Gasteiger partial charge >= 0.3 is 0 Å². The molecule has 2 aromatic heterocycles. The van der Waals surface area contributed by atoms with E-state index in [4.69, 9.17) is 6.42 Å². The van der Waals surface area contributed by atoms with Crippen LogP contribution in [0.3, 0.4) is 0 Å². The van der Waals surface area contributed by atoms with Gasteiger partial charge in [0.15, 0.2) is 0 Å². The summed E-state index contributed by atoms with van der Waals surface area (Å²) in [5.74, 6) is 2.08. The summed E-state index contributed by atoms with van der Waals surface area (Å²) in [5, 5.41) is 9.93. The molecule has 21 heavy (non-hydrogen) atoms. The van der Waals surface area contributed by atoms with Crippen LogP contribution in [-0.4, -0.2) is 33.6 Å². The van der Waals surface area contributed by atoms with E-state index in [2.05, 4.69) is 26.6 Å². The van der Waals surface area contributed by atoms with Crippen LogP contribution in [0.25, 0.3) is 4.96 Å². The Kier molecular flexibility index (Phi) is 4.90. The molecule has 0 aliphatic heterocycles. The van der Waals surface area contributed by atoms with Gasteiger partial charge in [0, 0.05) is 11.8 Å². The Bertz CT molecular complexity index is 743. The highest BCUT2D eigenvalue weighted by Gasteiger charge is 2.09. The van der Waals surface area contributed by atoms with Crippen LogP contribution in [0.5, 0.6) is 0 Å². The molecule has 2 aromatic rings. The second kappa shape index (κ2) is 6.85. The first-order chi connectivity index (χ1) is 10.1. The smallest absolute Gasteiger partial charge is 0.275 e. The topological polar surface area (TPSA) is 88.4 Å². The number of fused-ring (bicyclic) bond motifs is 1. The van der Waals surface area contributed by atoms with E-state index >= 15 is 0 Å². The predicted octanol–water partition coefficient (Wildman–Crippen LogP) is 0.265. The summed E-state index contributed by atoms with van der Waals surface area (Å²) in [7, 11) is 0. The highest BCUT2D eigenvalue weighted by molar-refractivity contribution is 7.20. The van der Waals surface area contributed by atoms with Crippen molar-refractivity contribution in [1.82, 2.24) is 19.9 Å². The van der Waals surface area contributed by atoms with E-state index in [9.17, 15) is 9.59 Å². The van der Waals surface area contributed by atoms with E-state index in [0.717, 1.165) is 18.5 Å². The van der Waals surface area contributed by atoms with E-state index in [-0.39, 0.29) is 24.6 Å². The minimum Gasteiger partial charge on any atom is -0.351 e. The number of terminal acetylenes is 1. The van der Waals surface area contributed by atoms with Crippen LogP contribution in [0, 0.1) is 12.3 Å². The summed E-state index contributed by atoms with van der Waals surface area (Å²) in [5.41, 5.74) is 0.536. The number of anilines is 1. The standard InChI is InChI=1S/C13H15N5O2S/c1-3-5-9-7-11(20)18-13(16-9)21-12(17-18)15-8-10(19)14-6-4-2/h2,7H,3,5-6,8H2,1H3,(H,14,19)(H,15,17). The van der Waals surface area contributed by atoms with Crippen LogP contribution in [0.2, 0.25) is 0 Å². The third-order valence-corrected chi connectivity index (χ3v) is 3.46. The average molecular weight is 305 g/mol. The van der Waals surface area contributed by atoms with Crippen molar-refractivity contribution in [2.75, 3.05) is 18.4 Å². The first kappa shape index (κ1) is 15.0. The van der Waals surface area contributed by atoms with E-state index in [1.807, 2.05) is 6.92 Å². The molecule has 0 radical (unpaired) electrons. The Morgan fingerprint density at radius 3 is 3.10 bits per heavy atom. The zero-order chi connectivity index (χ0) is 15.2. The first-order valence-electron chi connectivity index (χ1n) is 6.48. The van der Waals surface area contributed by atoms with Gasteiger partial charge in [-0.1, -0.05) is 30.6 Å². The molecule has 2 heterocycles. The summed E-state index contributed by atoms with van der Waals surface area (Å²) in [6, 6.07) is 1.49. The van der Waals surface area contributed by atoms with Gasteiger partial charge in [-0.3, -0.25) is 9.59 Å². The fourth-order valence-electron chi connectivity index (χ4n) is 1.68. The number of carbonyl (C=O) groups is 1. The quantitative estimate of drug-likeness (QED) is 0.748. The first-order valence-corrected chi connectivity index (χ1v) is 7.29. The zero-order valence-corrected chi connectivity index (χ0v) is 12.4. The molecular formula is C13H15N5O2S. The normalized spacial score (nSPS) is 10.3. The maximum absolute atomic E-state index is 11.9. The van der Waals surface area contributed by atoms with Crippen molar-refractivity contribution in [2.45, 2.75) is 19.8 Å². The number of hydrogen-bond donors (Lipinski definition) is 2. The van der Waals surface area contributed by atoms with Crippen molar-refractivity contribution in [3.05, 3.63) is 22.1 Å². The predicted molar refractivity (Wildman–Crippen MR) is 81.5 cm³/mol. The van der Waals surface area contributed by atoms with Gasteiger partial charge in [-0.2, -0.15) is 4.52 Å². The van der Waals surface area contributed by atoms with Gasteiger partial charge in [0.1, 0.15) is 0 Å². The van der Waals surface area contributed by atoms with E-state index in [0.29, 0.717) is 10.1 Å². The van der Waals surface area contributed by atoms with E-state index in [1.54, 1.807) is 0 Å². The number of amides is 1. The summed E-state index contributed by atoms with van der Waals surface area (Å²) >= 11 is 1.23. The van der Waals surface area contributed by atoms with Crippen molar-refractivity contribution >= 4 is 27.3 Å². The van der Waals surface area contributed by atoms with Crippen molar-refractivity contribution in [2.24, 2.45) is 0 Å². The maximum Gasteiger partial charge on any atom is 0.275 e. The Morgan fingerprint density at radius 2 is 2.38 bits per heavy atom. The van der Waals surface area contributed by atoms with Crippen molar-refractivity contribution < 1.29 is 4.79 Å². The summed E-state index contributed by atoms with van der Waals surface area (Å²) in [6.45, 7) is 2.25. The highest BCUT2D eigenvalue weighted by atomic mass is 32.1. The lowest BCUT2D eigenvalue weighted by atomic mass is 10.2. The molecule has 110 valence electrons. The van der Waals surface area contributed by atoms with E-state index in [1.165, 1.54) is 21.9 Å². The van der Waals surface area contributed by atoms with Gasteiger partial charge in [0.2, 0.25) is 16.0 Å². The Hall–Kier alpha value is -2.40. The Balaban J connectivity index is 2.12. The van der Waals surface area contributed by atoms with Crippen LogP contribution < -0.4 is 16.2 Å². The third-order valence-electron chi connectivity index (χ3n) is 2.59. The molecule has 7 nitrogen and oxygen atoms in total. The molecule has 0 saturated heterocycles. The monoisotopic (exact) mass is 305 g/mol. The summed E-state index contributed by atoms with van der Waals surface area (Å²) in [4.78, 5) is 28.2. The average Bonchev–Trinajstić information content (AvgIpc) is 2.87. The Labute approximate surface area is 125 Å². The van der Waals surface area contributed by atoms with Crippen molar-refractivity contribution in [1.29, 1.82) is 0 Å². The number of hydrogen-bond acceptors (Lipinski definition) is 6. The Morgan fingerprint density at radius 1 is 1.57 bits per heavy atom. The molecule has 0 spiro atoms. The number of nitrogens with one attached hydrogen (secondary N) is 2. The molecule has 0 unspecified atom stereocenters. The lowest BCUT2D eigenvalue weighted by Crippen LogP contribution is -2.30. The minimum absolute atomic E-state index is 0.0398. The van der Waals surface area contributed by atoms with Crippen LogP contribution in [0.1, 0.15) is 19.0 Å². The molecular weight excluding hydrogens is 290 g/mol. The molecule has 1 amide bonds. The molecule has 0 aliphatic rings. The summed E-state index contributed by atoms with van der Waals surface area (Å²) < 4.78 is 1.23. The number of aryl methyl sites for hydroxylation is 1. The molecule has 8 heteroatoms. The fourth-order valence-corrected chi connectivity index (χ4v) is 2.50. The van der Waals surface area contributed by atoms with Gasteiger partial charge in [-0.25, -0.2) is 4.98 Å². The van der Waals surface area contributed by atoms with Gasteiger partial charge in [0.25, 0.3) is 5.56 Å². The molecule has 0 aliphatic carbocycles. The van der Waals surface area contributed by atoms with Crippen LogP contribution in [0.15, 0.2) is 10.9 Å². The van der Waals surface area contributed by atoms with Crippen molar-refractivity contribution in [3.8, 4) is 12.3 Å². The third kappa shape index (κ3) is 3.79. The number of rotatable bonds is 6. The van der Waals surface area contributed by atoms with E-state index < -0.39 is 0 Å². The number of carbonyl (C=O) groups excluding carboxylic acids is 1. The van der Waals surface area contributed by atoms with Gasteiger partial charge in [-0.05, 0) is 6.42 Å². The minimum atomic E-state index is -0.237. The molecule has 0 bridgehead atoms. The fraction of sp³-hybridized carbons (Fsp3) is 0.385. The lowest BCUT2D eigenvalue weighted by Gasteiger charge is -2.01. The molecule has 0 fully saturated rings. The maximum atomic E-state index is 11.9. The molecule has 0 aromatic carbocycles. The number of nitrogens with zero attached hydrogens (tertiary/aromatic N) is 3. The SMILES string of the molecule is C#CCNC(=O)CNc1nn2c(=O)cc(CCC)nc2s1.